The highest BCUT2D eigenvalue weighted by molar-refractivity contribution is 14.1. The van der Waals surface area contributed by atoms with Gasteiger partial charge >= 0.3 is 0 Å². The number of nitrogens with one attached hydrogen (secondary N) is 2. The van der Waals surface area contributed by atoms with Crippen LogP contribution in [0.2, 0.25) is 5.02 Å². The Labute approximate surface area is 174 Å². The Kier molecular flexibility index (Phi) is 5.72. The van der Waals surface area contributed by atoms with E-state index in [2.05, 4.69) is 15.5 Å². The molecular weight excluding hydrogens is 505 g/mol. The Balaban J connectivity index is 1.99. The number of carbonyl (C=O) groups is 1. The van der Waals surface area contributed by atoms with Gasteiger partial charge in [0.25, 0.3) is 5.91 Å². The maximum absolute atomic E-state index is 12.9. The van der Waals surface area contributed by atoms with Crippen LogP contribution in [0.1, 0.15) is 10.5 Å². The molecule has 0 aliphatic carbocycles. The topological polar surface area (TPSA) is 101 Å². The van der Waals surface area contributed by atoms with Crippen molar-refractivity contribution >= 4 is 55.6 Å². The van der Waals surface area contributed by atoms with E-state index in [0.717, 1.165) is 0 Å². The van der Waals surface area contributed by atoms with Crippen LogP contribution >= 0.6 is 34.2 Å². The summed E-state index contributed by atoms with van der Waals surface area (Å²) in [6.45, 7) is 0. The number of nitrogens with zero attached hydrogens (tertiary/aromatic N) is 1. The summed E-state index contributed by atoms with van der Waals surface area (Å²) < 4.78 is 31.6. The third-order valence-corrected chi connectivity index (χ3v) is 6.45. The van der Waals surface area contributed by atoms with E-state index in [9.17, 15) is 13.2 Å². The molecule has 0 saturated heterocycles. The zero-order chi connectivity index (χ0) is 19.6. The minimum atomic E-state index is -3.82. The lowest BCUT2D eigenvalue weighted by Crippen LogP contribution is -2.14. The first-order valence-corrected chi connectivity index (χ1v) is 10.4. The van der Waals surface area contributed by atoms with Crippen LogP contribution in [-0.2, 0) is 9.84 Å². The molecule has 2 N–H and O–H groups in total. The van der Waals surface area contributed by atoms with Crippen LogP contribution in [0.3, 0.4) is 0 Å². The van der Waals surface area contributed by atoms with E-state index in [0.29, 0.717) is 14.3 Å². The van der Waals surface area contributed by atoms with Crippen LogP contribution in [0.5, 0.6) is 5.75 Å². The van der Waals surface area contributed by atoms with Gasteiger partial charge in [0, 0.05) is 16.8 Å². The molecule has 0 saturated carbocycles. The first kappa shape index (κ1) is 19.6. The van der Waals surface area contributed by atoms with Crippen molar-refractivity contribution in [3.63, 3.8) is 0 Å². The van der Waals surface area contributed by atoms with Gasteiger partial charge in [-0.3, -0.25) is 9.89 Å². The molecule has 10 heteroatoms. The van der Waals surface area contributed by atoms with Crippen molar-refractivity contribution < 1.29 is 17.9 Å². The molecule has 3 rings (SSSR count). The normalized spacial score (nSPS) is 11.2. The summed E-state index contributed by atoms with van der Waals surface area (Å²) in [4.78, 5) is 12.4. The van der Waals surface area contributed by atoms with Gasteiger partial charge in [-0.25, -0.2) is 8.42 Å². The van der Waals surface area contributed by atoms with E-state index < -0.39 is 15.7 Å². The predicted octanol–water partition coefficient (Wildman–Crippen LogP) is 3.76. The molecule has 7 nitrogen and oxygen atoms in total. The van der Waals surface area contributed by atoms with Gasteiger partial charge in [0.15, 0.2) is 0 Å². The summed E-state index contributed by atoms with van der Waals surface area (Å²) in [5, 5.41) is 9.48. The molecule has 0 aliphatic heterocycles. The van der Waals surface area contributed by atoms with Crippen molar-refractivity contribution in [1.29, 1.82) is 0 Å². The molecule has 1 heterocycles. The second-order valence-corrected chi connectivity index (χ2v) is 8.95. The van der Waals surface area contributed by atoms with Gasteiger partial charge in [-0.2, -0.15) is 5.10 Å². The molecule has 0 radical (unpaired) electrons. The summed E-state index contributed by atoms with van der Waals surface area (Å²) in [5.41, 5.74) is 0.554. The fourth-order valence-corrected chi connectivity index (χ4v) is 4.24. The average Bonchev–Trinajstić information content (AvgIpc) is 3.08. The van der Waals surface area contributed by atoms with E-state index in [4.69, 9.17) is 16.3 Å². The van der Waals surface area contributed by atoms with E-state index in [1.807, 2.05) is 22.6 Å². The van der Waals surface area contributed by atoms with Crippen LogP contribution < -0.4 is 10.1 Å². The molecule has 0 fully saturated rings. The van der Waals surface area contributed by atoms with E-state index in [1.54, 1.807) is 0 Å². The number of hydrogen-bond acceptors (Lipinski definition) is 5. The number of methoxy groups -OCH3 is 1. The smallest absolute Gasteiger partial charge is 0.274 e. The van der Waals surface area contributed by atoms with Gasteiger partial charge in [0.2, 0.25) is 9.84 Å². The van der Waals surface area contributed by atoms with Crippen molar-refractivity contribution in [2.45, 2.75) is 9.79 Å². The van der Waals surface area contributed by atoms with Gasteiger partial charge in [-0.15, -0.1) is 0 Å². The van der Waals surface area contributed by atoms with Gasteiger partial charge < -0.3 is 10.1 Å². The largest absolute Gasteiger partial charge is 0.497 e. The number of benzene rings is 2. The Morgan fingerprint density at radius 2 is 1.89 bits per heavy atom. The number of sulfone groups is 1. The van der Waals surface area contributed by atoms with Gasteiger partial charge in [-0.1, -0.05) is 11.6 Å². The standard InChI is InChI=1S/C17H13ClIN3O4S/c1-26-12-6-11(21-17(23)16-15(19)9-20-22-16)7-14(8-12)27(24,25)13-4-2-10(18)3-5-13/h2-9H,1H3,(H,20,22)(H,21,23). The summed E-state index contributed by atoms with van der Waals surface area (Å²) in [7, 11) is -2.41. The molecule has 27 heavy (non-hydrogen) atoms. The lowest BCUT2D eigenvalue weighted by atomic mass is 10.3. The van der Waals surface area contributed by atoms with Crippen LogP contribution in [0.25, 0.3) is 0 Å². The monoisotopic (exact) mass is 517 g/mol. The van der Waals surface area contributed by atoms with E-state index in [1.165, 1.54) is 55.8 Å². The van der Waals surface area contributed by atoms with Gasteiger partial charge in [0.1, 0.15) is 11.4 Å². The Hall–Kier alpha value is -2.11. The number of anilines is 1. The number of rotatable bonds is 5. The predicted molar refractivity (Wildman–Crippen MR) is 109 cm³/mol. The maximum Gasteiger partial charge on any atom is 0.274 e. The third-order valence-electron chi connectivity index (χ3n) is 3.63. The molecule has 140 valence electrons. The van der Waals surface area contributed by atoms with E-state index in [-0.39, 0.29) is 21.2 Å². The third kappa shape index (κ3) is 4.25. The lowest BCUT2D eigenvalue weighted by Gasteiger charge is -2.11. The first-order chi connectivity index (χ1) is 12.8. The molecule has 1 aromatic heterocycles. The first-order valence-electron chi connectivity index (χ1n) is 7.51. The highest BCUT2D eigenvalue weighted by atomic mass is 127. The number of aromatic nitrogens is 2. The Bertz CT molecular complexity index is 1100. The summed E-state index contributed by atoms with van der Waals surface area (Å²) in [6, 6.07) is 10.1. The van der Waals surface area contributed by atoms with Gasteiger partial charge in [-0.05, 0) is 59.0 Å². The highest BCUT2D eigenvalue weighted by Crippen LogP contribution is 2.29. The molecule has 3 aromatic rings. The molecule has 0 atom stereocenters. The zero-order valence-corrected chi connectivity index (χ0v) is 17.6. The highest BCUT2D eigenvalue weighted by Gasteiger charge is 2.21. The number of H-pyrrole nitrogens is 1. The van der Waals surface area contributed by atoms with Crippen molar-refractivity contribution in [1.82, 2.24) is 10.2 Å². The SMILES string of the molecule is COc1cc(NC(=O)c2[nH]ncc2I)cc(S(=O)(=O)c2ccc(Cl)cc2)c1. The summed E-state index contributed by atoms with van der Waals surface area (Å²) in [6.07, 6.45) is 1.51. The number of ether oxygens (including phenoxy) is 1. The van der Waals surface area contributed by atoms with Crippen molar-refractivity contribution in [2.24, 2.45) is 0 Å². The molecule has 0 aliphatic rings. The van der Waals surface area contributed by atoms with Crippen LogP contribution in [0, 0.1) is 3.57 Å². The number of aromatic amines is 1. The number of hydrogen-bond donors (Lipinski definition) is 2. The number of amides is 1. The quantitative estimate of drug-likeness (QED) is 0.502. The molecular formula is C17H13ClIN3O4S. The Morgan fingerprint density at radius 3 is 2.48 bits per heavy atom. The maximum atomic E-state index is 12.9. The molecule has 0 spiro atoms. The minimum absolute atomic E-state index is 0.0150. The fourth-order valence-electron chi connectivity index (χ4n) is 2.29. The second kappa shape index (κ2) is 7.87. The molecule has 2 aromatic carbocycles. The van der Waals surface area contributed by atoms with E-state index >= 15 is 0 Å². The second-order valence-electron chi connectivity index (χ2n) is 5.40. The fraction of sp³-hybridized carbons (Fsp3) is 0.0588. The summed E-state index contributed by atoms with van der Waals surface area (Å²) >= 11 is 7.80. The molecule has 0 unspecified atom stereocenters. The Morgan fingerprint density at radius 1 is 1.19 bits per heavy atom. The zero-order valence-electron chi connectivity index (χ0n) is 13.9. The van der Waals surface area contributed by atoms with Crippen molar-refractivity contribution in [2.75, 3.05) is 12.4 Å². The number of carbonyl (C=O) groups excluding carboxylic acids is 1. The van der Waals surface area contributed by atoms with Crippen LogP contribution in [0.4, 0.5) is 5.69 Å². The van der Waals surface area contributed by atoms with Crippen LogP contribution in [0.15, 0.2) is 58.5 Å². The average molecular weight is 518 g/mol. The number of halogens is 2. The van der Waals surface area contributed by atoms with Crippen molar-refractivity contribution in [3.05, 3.63) is 62.9 Å². The molecule has 0 bridgehead atoms. The lowest BCUT2D eigenvalue weighted by molar-refractivity contribution is 0.102. The van der Waals surface area contributed by atoms with Crippen LogP contribution in [-0.4, -0.2) is 31.6 Å². The molecule has 1 amide bonds. The minimum Gasteiger partial charge on any atom is -0.497 e. The van der Waals surface area contributed by atoms with Crippen molar-refractivity contribution in [3.8, 4) is 5.75 Å². The van der Waals surface area contributed by atoms with Gasteiger partial charge in [0.05, 0.1) is 26.7 Å². The summed E-state index contributed by atoms with van der Waals surface area (Å²) in [5.74, 6) is -0.153.